The summed E-state index contributed by atoms with van der Waals surface area (Å²) in [6.07, 6.45) is 0. The van der Waals surface area contributed by atoms with Crippen molar-refractivity contribution in [3.8, 4) is 0 Å². The van der Waals surface area contributed by atoms with Crippen LogP contribution < -0.4 is 5.32 Å². The van der Waals surface area contributed by atoms with Gasteiger partial charge in [-0.2, -0.15) is 0 Å². The van der Waals surface area contributed by atoms with Gasteiger partial charge >= 0.3 is 0 Å². The standard InChI is InChI=1S/C12H20N2OS/c1-10(2)7-13-12(15)9-14(3)8-11-5-4-6-16-11/h4-6,10H,7-9H2,1-3H3,(H,13,15). The molecule has 0 fully saturated rings. The van der Waals surface area contributed by atoms with Crippen molar-refractivity contribution in [3.63, 3.8) is 0 Å². The average molecular weight is 240 g/mol. The van der Waals surface area contributed by atoms with E-state index < -0.39 is 0 Å². The highest BCUT2D eigenvalue weighted by Crippen LogP contribution is 2.10. The zero-order valence-corrected chi connectivity index (χ0v) is 11.0. The van der Waals surface area contributed by atoms with Crippen LogP contribution in [-0.4, -0.2) is 30.9 Å². The fraction of sp³-hybridized carbons (Fsp3) is 0.583. The van der Waals surface area contributed by atoms with Crippen LogP contribution in [-0.2, 0) is 11.3 Å². The van der Waals surface area contributed by atoms with E-state index in [0.717, 1.165) is 13.1 Å². The van der Waals surface area contributed by atoms with Crippen LogP contribution in [0.5, 0.6) is 0 Å². The van der Waals surface area contributed by atoms with Crippen LogP contribution in [0.25, 0.3) is 0 Å². The van der Waals surface area contributed by atoms with E-state index in [4.69, 9.17) is 0 Å². The number of amides is 1. The lowest BCUT2D eigenvalue weighted by atomic mass is 10.2. The Hall–Kier alpha value is -0.870. The van der Waals surface area contributed by atoms with Gasteiger partial charge < -0.3 is 5.32 Å². The van der Waals surface area contributed by atoms with E-state index in [0.29, 0.717) is 12.5 Å². The second kappa shape index (κ2) is 6.66. The maximum atomic E-state index is 11.5. The molecule has 0 atom stereocenters. The topological polar surface area (TPSA) is 32.3 Å². The molecule has 1 amide bonds. The Morgan fingerprint density at radius 1 is 1.56 bits per heavy atom. The molecule has 1 rings (SSSR count). The van der Waals surface area contributed by atoms with E-state index in [1.54, 1.807) is 11.3 Å². The van der Waals surface area contributed by atoms with Crippen molar-refractivity contribution in [2.75, 3.05) is 20.1 Å². The first-order chi connectivity index (χ1) is 7.58. The molecule has 3 nitrogen and oxygen atoms in total. The summed E-state index contributed by atoms with van der Waals surface area (Å²) in [5.74, 6) is 0.610. The van der Waals surface area contributed by atoms with Crippen LogP contribution >= 0.6 is 11.3 Å². The smallest absolute Gasteiger partial charge is 0.234 e. The van der Waals surface area contributed by atoms with Crippen LogP contribution in [0.4, 0.5) is 0 Å². The number of nitrogens with zero attached hydrogens (tertiary/aromatic N) is 1. The average Bonchev–Trinajstić information content (AvgIpc) is 2.67. The van der Waals surface area contributed by atoms with Gasteiger partial charge in [0.2, 0.25) is 5.91 Å². The quantitative estimate of drug-likeness (QED) is 0.824. The maximum Gasteiger partial charge on any atom is 0.234 e. The normalized spacial score (nSPS) is 11.1. The minimum atomic E-state index is 0.104. The van der Waals surface area contributed by atoms with E-state index in [2.05, 4.69) is 30.6 Å². The fourth-order valence-corrected chi connectivity index (χ4v) is 2.13. The highest BCUT2D eigenvalue weighted by atomic mass is 32.1. The minimum absolute atomic E-state index is 0.104. The lowest BCUT2D eigenvalue weighted by Crippen LogP contribution is -2.36. The summed E-state index contributed by atoms with van der Waals surface area (Å²) in [5, 5.41) is 4.97. The molecule has 4 heteroatoms. The van der Waals surface area contributed by atoms with Crippen molar-refractivity contribution in [3.05, 3.63) is 22.4 Å². The monoisotopic (exact) mass is 240 g/mol. The van der Waals surface area contributed by atoms with Gasteiger partial charge in [-0.25, -0.2) is 0 Å². The molecule has 0 spiro atoms. The zero-order chi connectivity index (χ0) is 12.0. The van der Waals surface area contributed by atoms with Crippen LogP contribution in [0.3, 0.4) is 0 Å². The number of carbonyl (C=O) groups is 1. The molecular weight excluding hydrogens is 220 g/mol. The fourth-order valence-electron chi connectivity index (χ4n) is 1.34. The number of hydrogen-bond acceptors (Lipinski definition) is 3. The van der Waals surface area contributed by atoms with Crippen molar-refractivity contribution >= 4 is 17.2 Å². The molecule has 0 aliphatic heterocycles. The highest BCUT2D eigenvalue weighted by Gasteiger charge is 2.07. The molecule has 16 heavy (non-hydrogen) atoms. The van der Waals surface area contributed by atoms with Gasteiger partial charge in [-0.15, -0.1) is 11.3 Å². The van der Waals surface area contributed by atoms with Crippen LogP contribution in [0, 0.1) is 5.92 Å². The van der Waals surface area contributed by atoms with Crippen molar-refractivity contribution in [1.82, 2.24) is 10.2 Å². The molecule has 0 aliphatic rings. The summed E-state index contributed by atoms with van der Waals surface area (Å²) >= 11 is 1.72. The molecule has 90 valence electrons. The Morgan fingerprint density at radius 2 is 2.31 bits per heavy atom. The first-order valence-corrected chi connectivity index (χ1v) is 6.43. The van der Waals surface area contributed by atoms with Gasteiger partial charge in [0.25, 0.3) is 0 Å². The Bertz CT molecular complexity index is 309. The number of likely N-dealkylation sites (N-methyl/N-ethyl adjacent to an activating group) is 1. The van der Waals surface area contributed by atoms with Crippen LogP contribution in [0.1, 0.15) is 18.7 Å². The number of hydrogen-bond donors (Lipinski definition) is 1. The molecular formula is C12H20N2OS. The minimum Gasteiger partial charge on any atom is -0.355 e. The lowest BCUT2D eigenvalue weighted by Gasteiger charge is -2.15. The molecule has 1 N–H and O–H groups in total. The molecule has 1 aromatic rings. The summed E-state index contributed by atoms with van der Waals surface area (Å²) in [6, 6.07) is 4.12. The third kappa shape index (κ3) is 5.28. The predicted molar refractivity (Wildman–Crippen MR) is 68.5 cm³/mol. The molecule has 0 saturated heterocycles. The molecule has 1 heterocycles. The van der Waals surface area contributed by atoms with Crippen molar-refractivity contribution in [1.29, 1.82) is 0 Å². The van der Waals surface area contributed by atoms with Gasteiger partial charge in [-0.1, -0.05) is 19.9 Å². The molecule has 0 saturated carbocycles. The largest absolute Gasteiger partial charge is 0.355 e. The molecule has 0 radical (unpaired) electrons. The molecule has 0 unspecified atom stereocenters. The Morgan fingerprint density at radius 3 is 2.88 bits per heavy atom. The number of rotatable bonds is 6. The van der Waals surface area contributed by atoms with Gasteiger partial charge in [0.05, 0.1) is 6.54 Å². The van der Waals surface area contributed by atoms with E-state index in [1.165, 1.54) is 4.88 Å². The third-order valence-corrected chi connectivity index (χ3v) is 2.99. The van der Waals surface area contributed by atoms with Crippen molar-refractivity contribution < 1.29 is 4.79 Å². The Kier molecular flexibility index (Phi) is 5.49. The van der Waals surface area contributed by atoms with E-state index in [9.17, 15) is 4.79 Å². The Balaban J connectivity index is 2.23. The lowest BCUT2D eigenvalue weighted by molar-refractivity contribution is -0.122. The SMILES string of the molecule is CC(C)CNC(=O)CN(C)Cc1cccs1. The van der Waals surface area contributed by atoms with Crippen molar-refractivity contribution in [2.24, 2.45) is 5.92 Å². The van der Waals surface area contributed by atoms with Gasteiger partial charge in [-0.3, -0.25) is 9.69 Å². The van der Waals surface area contributed by atoms with Crippen molar-refractivity contribution in [2.45, 2.75) is 20.4 Å². The van der Waals surface area contributed by atoms with E-state index in [1.807, 2.05) is 18.0 Å². The van der Waals surface area contributed by atoms with E-state index >= 15 is 0 Å². The summed E-state index contributed by atoms with van der Waals surface area (Å²) in [5.41, 5.74) is 0. The van der Waals surface area contributed by atoms with Crippen LogP contribution in [0.2, 0.25) is 0 Å². The second-order valence-corrected chi connectivity index (χ2v) is 5.48. The van der Waals surface area contributed by atoms with Gasteiger partial charge in [0.15, 0.2) is 0 Å². The first-order valence-electron chi connectivity index (χ1n) is 5.55. The summed E-state index contributed by atoms with van der Waals surface area (Å²) in [6.45, 7) is 6.24. The summed E-state index contributed by atoms with van der Waals surface area (Å²) in [4.78, 5) is 14.9. The molecule has 0 aliphatic carbocycles. The zero-order valence-electron chi connectivity index (χ0n) is 10.2. The number of carbonyl (C=O) groups excluding carboxylic acids is 1. The first kappa shape index (κ1) is 13.2. The molecule has 1 aromatic heterocycles. The van der Waals surface area contributed by atoms with Gasteiger partial charge in [0, 0.05) is 18.0 Å². The summed E-state index contributed by atoms with van der Waals surface area (Å²) < 4.78 is 0. The Labute approximate surface area is 101 Å². The number of nitrogens with one attached hydrogen (secondary N) is 1. The van der Waals surface area contributed by atoms with Crippen LogP contribution in [0.15, 0.2) is 17.5 Å². The number of thiophene rings is 1. The molecule has 0 aromatic carbocycles. The van der Waals surface area contributed by atoms with Gasteiger partial charge in [0.1, 0.15) is 0 Å². The van der Waals surface area contributed by atoms with E-state index in [-0.39, 0.29) is 5.91 Å². The highest BCUT2D eigenvalue weighted by molar-refractivity contribution is 7.09. The maximum absolute atomic E-state index is 11.5. The summed E-state index contributed by atoms with van der Waals surface area (Å²) in [7, 11) is 1.97. The third-order valence-electron chi connectivity index (χ3n) is 2.13. The molecule has 0 bridgehead atoms. The van der Waals surface area contributed by atoms with Gasteiger partial charge in [-0.05, 0) is 24.4 Å². The second-order valence-electron chi connectivity index (χ2n) is 4.45. The predicted octanol–water partition coefficient (Wildman–Crippen LogP) is 1.95.